The van der Waals surface area contributed by atoms with Crippen LogP contribution in [-0.4, -0.2) is 36.4 Å². The Labute approximate surface area is 79.8 Å². The smallest absolute Gasteiger partial charge is 0.291 e. The van der Waals surface area contributed by atoms with Gasteiger partial charge in [-0.1, -0.05) is 0 Å². The largest absolute Gasteiger partial charge is 0.310 e. The number of hydrogen-bond acceptors (Lipinski definition) is 3. The molecule has 0 aromatic heterocycles. The molecule has 1 aliphatic heterocycles. The minimum atomic E-state index is -2.14. The van der Waals surface area contributed by atoms with E-state index in [4.69, 9.17) is 0 Å². The third kappa shape index (κ3) is 1.95. The van der Waals surface area contributed by atoms with Crippen molar-refractivity contribution in [3.05, 3.63) is 0 Å². The van der Waals surface area contributed by atoms with Gasteiger partial charge < -0.3 is 10.6 Å². The monoisotopic (exact) mass is 199 g/mol. The van der Waals surface area contributed by atoms with Gasteiger partial charge in [-0.3, -0.25) is 9.59 Å². The van der Waals surface area contributed by atoms with Gasteiger partial charge in [0.15, 0.2) is 0 Å². The topological polar surface area (TPSA) is 70.6 Å². The Morgan fingerprint density at radius 3 is 2.79 bits per heavy atom. The highest BCUT2D eigenvalue weighted by Gasteiger charge is 2.32. The molecule has 0 radical (unpaired) electrons. The van der Waals surface area contributed by atoms with Crippen LogP contribution in [0.5, 0.6) is 0 Å². The predicted octanol–water partition coefficient (Wildman–Crippen LogP) is -0.869. The minimum absolute atomic E-state index is 0.209. The average Bonchev–Trinajstić information content (AvgIpc) is 2.94. The van der Waals surface area contributed by atoms with Crippen molar-refractivity contribution in [3.8, 4) is 0 Å². The number of carbonyl (C=O) groups is 2. The molecule has 5 nitrogen and oxygen atoms in total. The molecule has 0 spiro atoms. The molecule has 0 aromatic rings. The highest BCUT2D eigenvalue weighted by Crippen LogP contribution is 2.18. The molecule has 2 aliphatic rings. The van der Waals surface area contributed by atoms with E-state index in [-0.39, 0.29) is 5.84 Å². The van der Waals surface area contributed by atoms with E-state index in [0.717, 1.165) is 12.8 Å². The summed E-state index contributed by atoms with van der Waals surface area (Å²) < 4.78 is 12.7. The zero-order chi connectivity index (χ0) is 10.1. The Balaban J connectivity index is 1.94. The molecule has 1 atom stereocenters. The van der Waals surface area contributed by atoms with Crippen molar-refractivity contribution in [2.24, 2.45) is 4.99 Å². The number of hydrogen-bond donors (Lipinski definition) is 2. The van der Waals surface area contributed by atoms with Gasteiger partial charge in [-0.05, 0) is 12.8 Å². The van der Waals surface area contributed by atoms with Crippen LogP contribution < -0.4 is 10.6 Å². The molecule has 2 amide bonds. The molecule has 0 bridgehead atoms. The lowest BCUT2D eigenvalue weighted by molar-refractivity contribution is -0.134. The summed E-state index contributed by atoms with van der Waals surface area (Å²) in [6, 6.07) is 0.452. The Kier molecular flexibility index (Phi) is 2.28. The quantitative estimate of drug-likeness (QED) is 0.580. The molecule has 1 aliphatic carbocycles. The number of nitrogens with one attached hydrogen (secondary N) is 2. The first kappa shape index (κ1) is 9.26. The van der Waals surface area contributed by atoms with Crippen LogP contribution in [0.25, 0.3) is 0 Å². The minimum Gasteiger partial charge on any atom is -0.310 e. The second-order valence-corrected chi connectivity index (χ2v) is 3.40. The molecule has 1 fully saturated rings. The van der Waals surface area contributed by atoms with Gasteiger partial charge in [-0.15, -0.1) is 0 Å². The third-order valence-corrected chi connectivity index (χ3v) is 2.10. The van der Waals surface area contributed by atoms with Gasteiger partial charge in [-0.2, -0.15) is 4.99 Å². The first-order valence-electron chi connectivity index (χ1n) is 4.46. The molecular weight excluding hydrogens is 189 g/mol. The molecule has 1 saturated carbocycles. The molecule has 0 saturated heterocycles. The molecule has 1 unspecified atom stereocenters. The SMILES string of the molecule is O=C1N=C(CNC2CC2)NC(=O)C1F. The number of alkyl halides is 1. The van der Waals surface area contributed by atoms with Crippen molar-refractivity contribution in [1.82, 2.24) is 10.6 Å². The van der Waals surface area contributed by atoms with E-state index in [1.54, 1.807) is 0 Å². The fraction of sp³-hybridized carbons (Fsp3) is 0.625. The lowest BCUT2D eigenvalue weighted by Gasteiger charge is -2.15. The highest BCUT2D eigenvalue weighted by molar-refractivity contribution is 6.18. The van der Waals surface area contributed by atoms with E-state index in [9.17, 15) is 14.0 Å². The predicted molar refractivity (Wildman–Crippen MR) is 46.5 cm³/mol. The highest BCUT2D eigenvalue weighted by atomic mass is 19.1. The zero-order valence-electron chi connectivity index (χ0n) is 7.42. The van der Waals surface area contributed by atoms with Gasteiger partial charge in [0, 0.05) is 6.04 Å². The molecule has 76 valence electrons. The van der Waals surface area contributed by atoms with Crippen LogP contribution in [0.15, 0.2) is 4.99 Å². The van der Waals surface area contributed by atoms with E-state index in [1.807, 2.05) is 0 Å². The standard InChI is InChI=1S/C8H10FN3O2/c9-6-7(13)11-5(12-8(6)14)3-10-4-1-2-4/h4,6,10H,1-3H2,(H,11,12,13,14). The second kappa shape index (κ2) is 3.45. The molecule has 6 heteroatoms. The summed E-state index contributed by atoms with van der Waals surface area (Å²) in [4.78, 5) is 25.1. The van der Waals surface area contributed by atoms with Gasteiger partial charge in [0.2, 0.25) is 0 Å². The lowest BCUT2D eigenvalue weighted by Crippen LogP contribution is -2.48. The maximum atomic E-state index is 12.7. The maximum absolute atomic E-state index is 12.7. The average molecular weight is 199 g/mol. The first-order valence-corrected chi connectivity index (χ1v) is 4.46. The van der Waals surface area contributed by atoms with Crippen molar-refractivity contribution in [3.63, 3.8) is 0 Å². The number of halogens is 1. The van der Waals surface area contributed by atoms with Gasteiger partial charge >= 0.3 is 0 Å². The van der Waals surface area contributed by atoms with E-state index >= 15 is 0 Å². The Morgan fingerprint density at radius 2 is 2.21 bits per heavy atom. The van der Waals surface area contributed by atoms with E-state index in [1.165, 1.54) is 0 Å². The van der Waals surface area contributed by atoms with Crippen LogP contribution in [0.3, 0.4) is 0 Å². The van der Waals surface area contributed by atoms with Crippen LogP contribution in [0.2, 0.25) is 0 Å². The van der Waals surface area contributed by atoms with E-state index in [2.05, 4.69) is 15.6 Å². The van der Waals surface area contributed by atoms with Gasteiger partial charge in [0.1, 0.15) is 5.84 Å². The summed E-state index contributed by atoms with van der Waals surface area (Å²) in [5.74, 6) is -1.72. The maximum Gasteiger partial charge on any atom is 0.291 e. The molecule has 1 heterocycles. The summed E-state index contributed by atoms with van der Waals surface area (Å²) in [6.07, 6.45) is 0.0571. The molecular formula is C8H10FN3O2. The van der Waals surface area contributed by atoms with Gasteiger partial charge in [0.05, 0.1) is 6.54 Å². The fourth-order valence-electron chi connectivity index (χ4n) is 1.15. The molecule has 2 N–H and O–H groups in total. The van der Waals surface area contributed by atoms with E-state index in [0.29, 0.717) is 12.6 Å². The van der Waals surface area contributed by atoms with Crippen molar-refractivity contribution >= 4 is 17.6 Å². The summed E-state index contributed by atoms with van der Waals surface area (Å²) in [6.45, 7) is 0.314. The van der Waals surface area contributed by atoms with Crippen LogP contribution in [0.4, 0.5) is 4.39 Å². The number of rotatable bonds is 3. The zero-order valence-corrected chi connectivity index (χ0v) is 7.42. The number of amides is 2. The van der Waals surface area contributed by atoms with Crippen LogP contribution >= 0.6 is 0 Å². The Bertz CT molecular complexity index is 312. The van der Waals surface area contributed by atoms with Crippen molar-refractivity contribution in [2.45, 2.75) is 25.1 Å². The number of carbonyl (C=O) groups excluding carboxylic acids is 2. The van der Waals surface area contributed by atoms with Crippen molar-refractivity contribution in [2.75, 3.05) is 6.54 Å². The van der Waals surface area contributed by atoms with Crippen LogP contribution in [0, 0.1) is 0 Å². The number of nitrogens with zero attached hydrogens (tertiary/aromatic N) is 1. The molecule has 14 heavy (non-hydrogen) atoms. The summed E-state index contributed by atoms with van der Waals surface area (Å²) in [7, 11) is 0. The normalized spacial score (nSPS) is 27.2. The second-order valence-electron chi connectivity index (χ2n) is 3.40. The summed E-state index contributed by atoms with van der Waals surface area (Å²) >= 11 is 0. The fourth-order valence-corrected chi connectivity index (χ4v) is 1.15. The van der Waals surface area contributed by atoms with Gasteiger partial charge in [0.25, 0.3) is 18.0 Å². The molecule has 0 aromatic carbocycles. The number of aliphatic imine (C=N–C) groups is 1. The number of amidine groups is 1. The summed E-state index contributed by atoms with van der Waals surface area (Å²) in [5, 5.41) is 5.29. The first-order chi connectivity index (χ1) is 6.66. The third-order valence-electron chi connectivity index (χ3n) is 2.10. The van der Waals surface area contributed by atoms with Crippen LogP contribution in [0.1, 0.15) is 12.8 Å². The lowest BCUT2D eigenvalue weighted by atomic mass is 10.3. The summed E-state index contributed by atoms with van der Waals surface area (Å²) in [5.41, 5.74) is 0. The van der Waals surface area contributed by atoms with Crippen LogP contribution in [-0.2, 0) is 9.59 Å². The Hall–Kier alpha value is -1.30. The van der Waals surface area contributed by atoms with Crippen molar-refractivity contribution < 1.29 is 14.0 Å². The molecule has 2 rings (SSSR count). The van der Waals surface area contributed by atoms with Gasteiger partial charge in [-0.25, -0.2) is 4.39 Å². The Morgan fingerprint density at radius 1 is 1.50 bits per heavy atom. The van der Waals surface area contributed by atoms with Crippen molar-refractivity contribution in [1.29, 1.82) is 0 Å². The van der Waals surface area contributed by atoms with E-state index < -0.39 is 18.0 Å².